The molecular formula is C24H24N4O6S. The minimum Gasteiger partial charge on any atom is -0.383 e. The maximum absolute atomic E-state index is 12.6. The fraction of sp³-hybridized carbons (Fsp3) is 0.167. The third-order valence-electron chi connectivity index (χ3n) is 4.80. The Morgan fingerprint density at radius 2 is 1.51 bits per heavy atom. The van der Waals surface area contributed by atoms with Crippen LogP contribution in [0.3, 0.4) is 0 Å². The van der Waals surface area contributed by atoms with Gasteiger partial charge in [-0.3, -0.25) is 19.4 Å². The molecule has 3 rings (SSSR count). The van der Waals surface area contributed by atoms with Gasteiger partial charge in [-0.25, -0.2) is 13.1 Å². The summed E-state index contributed by atoms with van der Waals surface area (Å²) in [5.74, 6) is -1.72. The Bertz CT molecular complexity index is 1280. The molecule has 0 saturated carbocycles. The van der Waals surface area contributed by atoms with E-state index in [1.807, 2.05) is 35.1 Å². The van der Waals surface area contributed by atoms with Crippen molar-refractivity contribution in [3.05, 3.63) is 95.3 Å². The van der Waals surface area contributed by atoms with Crippen LogP contribution in [0.1, 0.15) is 36.8 Å². The van der Waals surface area contributed by atoms with Crippen LogP contribution in [-0.2, 0) is 21.3 Å². The average molecular weight is 497 g/mol. The van der Waals surface area contributed by atoms with Crippen LogP contribution in [0.25, 0.3) is 0 Å². The molecule has 182 valence electrons. The number of hydrogen-bond acceptors (Lipinski definition) is 7. The minimum absolute atomic E-state index is 0.0427. The number of benzene rings is 2. The lowest BCUT2D eigenvalue weighted by molar-refractivity contribution is 0.0927. The van der Waals surface area contributed by atoms with Crippen molar-refractivity contribution in [2.75, 3.05) is 20.3 Å². The predicted molar refractivity (Wildman–Crippen MR) is 127 cm³/mol. The van der Waals surface area contributed by atoms with Crippen LogP contribution >= 0.6 is 0 Å². The van der Waals surface area contributed by atoms with Gasteiger partial charge in [0.1, 0.15) is 5.69 Å². The zero-order chi connectivity index (χ0) is 25.3. The van der Waals surface area contributed by atoms with E-state index >= 15 is 0 Å². The van der Waals surface area contributed by atoms with Crippen LogP contribution in [0, 0.1) is 0 Å². The van der Waals surface area contributed by atoms with Gasteiger partial charge < -0.3 is 15.4 Å². The zero-order valence-electron chi connectivity index (χ0n) is 18.9. The predicted octanol–water partition coefficient (Wildman–Crippen LogP) is 1.51. The van der Waals surface area contributed by atoms with Crippen molar-refractivity contribution in [3.63, 3.8) is 0 Å². The van der Waals surface area contributed by atoms with E-state index in [9.17, 15) is 22.8 Å². The lowest BCUT2D eigenvalue weighted by Crippen LogP contribution is -2.31. The number of nitrogens with one attached hydrogen (secondary N) is 3. The van der Waals surface area contributed by atoms with E-state index < -0.39 is 21.8 Å². The number of ether oxygens (including phenoxy) is 1. The minimum atomic E-state index is -4.20. The van der Waals surface area contributed by atoms with Gasteiger partial charge >= 0.3 is 0 Å². The molecule has 3 N–H and O–H groups in total. The Balaban J connectivity index is 1.59. The number of pyridine rings is 1. The molecule has 0 aliphatic rings. The number of methoxy groups -OCH3 is 1. The molecular weight excluding hydrogens is 472 g/mol. The van der Waals surface area contributed by atoms with Crippen molar-refractivity contribution in [2.24, 2.45) is 0 Å². The van der Waals surface area contributed by atoms with Gasteiger partial charge in [0.2, 0.25) is 0 Å². The van der Waals surface area contributed by atoms with E-state index in [1.54, 1.807) is 0 Å². The summed E-state index contributed by atoms with van der Waals surface area (Å²) in [6.07, 6.45) is 1.11. The second-order valence-corrected chi connectivity index (χ2v) is 8.99. The van der Waals surface area contributed by atoms with Gasteiger partial charge in [0, 0.05) is 32.0 Å². The number of nitrogens with zero attached hydrogens (tertiary/aromatic N) is 1. The van der Waals surface area contributed by atoms with Crippen molar-refractivity contribution in [2.45, 2.75) is 11.4 Å². The first-order valence-corrected chi connectivity index (χ1v) is 12.0. The molecule has 3 amide bonds. The molecule has 0 radical (unpaired) electrons. The van der Waals surface area contributed by atoms with Gasteiger partial charge in [-0.1, -0.05) is 30.3 Å². The summed E-state index contributed by atoms with van der Waals surface area (Å²) >= 11 is 0. The standard InChI is InChI=1S/C24H24N4O6S/c1-34-14-13-25-24(31)21-12-9-19(16-26-21)23(30)28-35(32,33)20-10-7-18(8-11-20)22(29)27-15-17-5-3-2-4-6-17/h2-12,16H,13-15H2,1H3,(H,25,31)(H,27,29)(H,28,30). The van der Waals surface area contributed by atoms with Crippen LogP contribution in [-0.4, -0.2) is 51.4 Å². The van der Waals surface area contributed by atoms with Crippen LogP contribution in [0.2, 0.25) is 0 Å². The summed E-state index contributed by atoms with van der Waals surface area (Å²) in [6, 6.07) is 17.1. The fourth-order valence-electron chi connectivity index (χ4n) is 2.93. The van der Waals surface area contributed by atoms with Crippen molar-refractivity contribution in [1.82, 2.24) is 20.3 Å². The third kappa shape index (κ3) is 7.19. The number of amides is 3. The molecule has 0 aliphatic heterocycles. The number of aromatic nitrogens is 1. The molecule has 10 nitrogen and oxygen atoms in total. The Labute approximate surface area is 202 Å². The number of hydrogen-bond donors (Lipinski definition) is 3. The van der Waals surface area contributed by atoms with Gasteiger partial charge in [-0.05, 0) is 42.0 Å². The first-order valence-electron chi connectivity index (χ1n) is 10.5. The van der Waals surface area contributed by atoms with Gasteiger partial charge in [0.05, 0.1) is 17.1 Å². The molecule has 3 aromatic rings. The van der Waals surface area contributed by atoms with Crippen LogP contribution in [0.15, 0.2) is 77.8 Å². The highest BCUT2D eigenvalue weighted by Gasteiger charge is 2.20. The molecule has 0 aliphatic carbocycles. The molecule has 0 atom stereocenters. The fourth-order valence-corrected chi connectivity index (χ4v) is 3.90. The van der Waals surface area contributed by atoms with Crippen molar-refractivity contribution >= 4 is 27.7 Å². The summed E-state index contributed by atoms with van der Waals surface area (Å²) in [4.78, 5) is 40.4. The molecule has 11 heteroatoms. The molecule has 35 heavy (non-hydrogen) atoms. The van der Waals surface area contributed by atoms with E-state index in [0.717, 1.165) is 11.8 Å². The monoisotopic (exact) mass is 496 g/mol. The normalized spacial score (nSPS) is 10.9. The Morgan fingerprint density at radius 3 is 2.14 bits per heavy atom. The van der Waals surface area contributed by atoms with Crippen LogP contribution in [0.4, 0.5) is 0 Å². The second-order valence-electron chi connectivity index (χ2n) is 7.31. The summed E-state index contributed by atoms with van der Waals surface area (Å²) in [5.41, 5.74) is 1.23. The van der Waals surface area contributed by atoms with Crippen molar-refractivity contribution < 1.29 is 27.5 Å². The SMILES string of the molecule is COCCNC(=O)c1ccc(C(=O)NS(=O)(=O)c2ccc(C(=O)NCc3ccccc3)cc2)cn1. The van der Waals surface area contributed by atoms with Crippen molar-refractivity contribution in [1.29, 1.82) is 0 Å². The zero-order valence-corrected chi connectivity index (χ0v) is 19.7. The first kappa shape index (κ1) is 25.5. The van der Waals surface area contributed by atoms with E-state index in [2.05, 4.69) is 15.6 Å². The van der Waals surface area contributed by atoms with Gasteiger partial charge in [0.15, 0.2) is 0 Å². The molecule has 0 fully saturated rings. The largest absolute Gasteiger partial charge is 0.383 e. The Kier molecular flexibility index (Phi) is 8.65. The van der Waals surface area contributed by atoms with Crippen LogP contribution < -0.4 is 15.4 Å². The molecule has 0 unspecified atom stereocenters. The molecule has 1 aromatic heterocycles. The van der Waals surface area contributed by atoms with Gasteiger partial charge in [-0.15, -0.1) is 0 Å². The summed E-state index contributed by atoms with van der Waals surface area (Å²) < 4.78 is 32.0. The number of sulfonamides is 1. The third-order valence-corrected chi connectivity index (χ3v) is 6.15. The summed E-state index contributed by atoms with van der Waals surface area (Å²) in [5, 5.41) is 5.34. The van der Waals surface area contributed by atoms with E-state index in [4.69, 9.17) is 4.74 Å². The maximum Gasteiger partial charge on any atom is 0.269 e. The number of carbonyl (C=O) groups excluding carboxylic acids is 3. The summed E-state index contributed by atoms with van der Waals surface area (Å²) in [6.45, 7) is 0.964. The molecule has 0 spiro atoms. The second kappa shape index (κ2) is 11.9. The van der Waals surface area contributed by atoms with E-state index in [1.165, 1.54) is 43.5 Å². The van der Waals surface area contributed by atoms with Gasteiger partial charge in [0.25, 0.3) is 27.7 Å². The number of rotatable bonds is 10. The van der Waals surface area contributed by atoms with Gasteiger partial charge in [-0.2, -0.15) is 0 Å². The maximum atomic E-state index is 12.6. The summed E-state index contributed by atoms with van der Waals surface area (Å²) in [7, 11) is -2.69. The Hall–Kier alpha value is -4.09. The average Bonchev–Trinajstić information content (AvgIpc) is 2.88. The Morgan fingerprint density at radius 1 is 0.829 bits per heavy atom. The molecule has 1 heterocycles. The first-order chi connectivity index (χ1) is 16.8. The smallest absolute Gasteiger partial charge is 0.269 e. The van der Waals surface area contributed by atoms with Crippen molar-refractivity contribution in [3.8, 4) is 0 Å². The highest BCUT2D eigenvalue weighted by Crippen LogP contribution is 2.12. The lowest BCUT2D eigenvalue weighted by Gasteiger charge is -2.09. The highest BCUT2D eigenvalue weighted by atomic mass is 32.2. The molecule has 0 saturated heterocycles. The quantitative estimate of drug-likeness (QED) is 0.361. The lowest BCUT2D eigenvalue weighted by atomic mass is 10.2. The highest BCUT2D eigenvalue weighted by molar-refractivity contribution is 7.90. The molecule has 2 aromatic carbocycles. The topological polar surface area (TPSA) is 144 Å². The van der Waals surface area contributed by atoms with E-state index in [-0.39, 0.29) is 27.6 Å². The van der Waals surface area contributed by atoms with E-state index in [0.29, 0.717) is 19.7 Å². The number of carbonyl (C=O) groups is 3. The van der Waals surface area contributed by atoms with Crippen LogP contribution in [0.5, 0.6) is 0 Å². The molecule has 0 bridgehead atoms.